The molecule has 6 rings (SSSR count). The first-order valence-corrected chi connectivity index (χ1v) is 10.4. The highest BCUT2D eigenvalue weighted by molar-refractivity contribution is 5.81. The lowest BCUT2D eigenvalue weighted by Crippen LogP contribution is -2.08. The number of rotatable bonds is 5. The van der Waals surface area contributed by atoms with Crippen LogP contribution in [0.15, 0.2) is 59.5 Å². The molecule has 5 aromatic rings. The molecular formula is C23H18FN5O3. The van der Waals surface area contributed by atoms with Crippen molar-refractivity contribution in [3.8, 4) is 22.5 Å². The zero-order chi connectivity index (χ0) is 21.8. The fraction of sp³-hybridized carbons (Fsp3) is 0.217. The molecule has 2 unspecified atom stereocenters. The van der Waals surface area contributed by atoms with Gasteiger partial charge < -0.3 is 9.15 Å². The second-order valence-electron chi connectivity index (χ2n) is 7.78. The molecule has 4 aromatic heterocycles. The third kappa shape index (κ3) is 2.89. The Kier molecular flexibility index (Phi) is 4.11. The van der Waals surface area contributed by atoms with Gasteiger partial charge in [-0.1, -0.05) is 0 Å². The number of ether oxygens (including phenoxy) is 1. The van der Waals surface area contributed by atoms with Gasteiger partial charge in [-0.3, -0.25) is 13.6 Å². The summed E-state index contributed by atoms with van der Waals surface area (Å²) in [6.45, 7) is 2.16. The van der Waals surface area contributed by atoms with Crippen LogP contribution >= 0.6 is 0 Å². The predicted octanol–water partition coefficient (Wildman–Crippen LogP) is 4.11. The van der Waals surface area contributed by atoms with Crippen LogP contribution in [0.5, 0.6) is 0 Å². The number of hydrogen-bond acceptors (Lipinski definition) is 6. The molecule has 0 aliphatic heterocycles. The number of carbonyl (C=O) groups excluding carboxylic acids is 1. The monoisotopic (exact) mass is 431 g/mol. The van der Waals surface area contributed by atoms with Crippen LogP contribution in [-0.2, 0) is 9.53 Å². The van der Waals surface area contributed by atoms with E-state index in [2.05, 4.69) is 15.2 Å². The van der Waals surface area contributed by atoms with Crippen molar-refractivity contribution in [2.24, 2.45) is 5.92 Å². The molecule has 0 spiro atoms. The number of imidazole rings is 1. The largest absolute Gasteiger partial charge is 0.466 e. The second kappa shape index (κ2) is 7.01. The van der Waals surface area contributed by atoms with Crippen molar-refractivity contribution in [2.45, 2.75) is 19.3 Å². The number of carbonyl (C=O) groups is 1. The number of pyridine rings is 1. The molecule has 0 radical (unpaired) electrons. The molecule has 1 saturated carbocycles. The van der Waals surface area contributed by atoms with E-state index < -0.39 is 0 Å². The summed E-state index contributed by atoms with van der Waals surface area (Å²) in [6.07, 6.45) is 5.99. The van der Waals surface area contributed by atoms with Gasteiger partial charge in [-0.05, 0) is 49.7 Å². The number of nitrogens with zero attached hydrogens (tertiary/aromatic N) is 5. The summed E-state index contributed by atoms with van der Waals surface area (Å²) in [5.41, 5.74) is 3.80. The van der Waals surface area contributed by atoms with Crippen LogP contribution in [0.3, 0.4) is 0 Å². The zero-order valence-corrected chi connectivity index (χ0v) is 17.1. The molecule has 0 bridgehead atoms. The Morgan fingerprint density at radius 3 is 2.78 bits per heavy atom. The Labute approximate surface area is 181 Å². The zero-order valence-electron chi connectivity index (χ0n) is 17.1. The van der Waals surface area contributed by atoms with Gasteiger partial charge in [0, 0.05) is 29.4 Å². The predicted molar refractivity (Wildman–Crippen MR) is 112 cm³/mol. The minimum atomic E-state index is -0.311. The number of benzene rings is 1. The molecule has 0 saturated heterocycles. The van der Waals surface area contributed by atoms with Gasteiger partial charge in [0.15, 0.2) is 5.65 Å². The Bertz CT molecular complexity index is 1470. The third-order valence-electron chi connectivity index (χ3n) is 5.79. The molecule has 1 aromatic carbocycles. The first kappa shape index (κ1) is 18.7. The highest BCUT2D eigenvalue weighted by atomic mass is 19.1. The molecule has 0 amide bonds. The maximum atomic E-state index is 13.5. The molecule has 4 heterocycles. The van der Waals surface area contributed by atoms with E-state index >= 15 is 0 Å². The topological polar surface area (TPSA) is 86.9 Å². The van der Waals surface area contributed by atoms with Gasteiger partial charge in [-0.25, -0.2) is 4.39 Å². The van der Waals surface area contributed by atoms with Crippen LogP contribution in [0.1, 0.15) is 25.1 Å². The quantitative estimate of drug-likeness (QED) is 0.389. The summed E-state index contributed by atoms with van der Waals surface area (Å²) < 4.78 is 27.9. The van der Waals surface area contributed by atoms with Crippen molar-refractivity contribution >= 4 is 17.5 Å². The van der Waals surface area contributed by atoms with Crippen molar-refractivity contribution < 1.29 is 18.3 Å². The van der Waals surface area contributed by atoms with E-state index in [9.17, 15) is 9.18 Å². The first-order valence-electron chi connectivity index (χ1n) is 10.4. The van der Waals surface area contributed by atoms with E-state index in [1.807, 2.05) is 27.1 Å². The molecule has 1 aliphatic carbocycles. The van der Waals surface area contributed by atoms with Gasteiger partial charge in [-0.2, -0.15) is 4.98 Å². The van der Waals surface area contributed by atoms with Crippen LogP contribution in [0.25, 0.3) is 34.0 Å². The third-order valence-corrected chi connectivity index (χ3v) is 5.79. The molecule has 32 heavy (non-hydrogen) atoms. The molecule has 2 atom stereocenters. The fourth-order valence-electron chi connectivity index (χ4n) is 4.16. The van der Waals surface area contributed by atoms with Gasteiger partial charge in [-0.15, -0.1) is 10.2 Å². The van der Waals surface area contributed by atoms with Crippen LogP contribution in [0.4, 0.5) is 4.39 Å². The van der Waals surface area contributed by atoms with E-state index in [4.69, 9.17) is 9.15 Å². The summed E-state index contributed by atoms with van der Waals surface area (Å²) in [4.78, 5) is 16.7. The van der Waals surface area contributed by atoms with Gasteiger partial charge >= 0.3 is 11.8 Å². The van der Waals surface area contributed by atoms with Crippen LogP contribution in [0, 0.1) is 11.7 Å². The van der Waals surface area contributed by atoms with E-state index in [0.717, 1.165) is 22.6 Å². The Morgan fingerprint density at radius 2 is 1.97 bits per heavy atom. The lowest BCUT2D eigenvalue weighted by Gasteiger charge is -2.07. The van der Waals surface area contributed by atoms with E-state index in [1.54, 1.807) is 31.5 Å². The number of fused-ring (bicyclic) bond motifs is 2. The van der Waals surface area contributed by atoms with E-state index in [0.29, 0.717) is 30.2 Å². The van der Waals surface area contributed by atoms with E-state index in [-0.39, 0.29) is 23.6 Å². The Hall–Kier alpha value is -4.01. The summed E-state index contributed by atoms with van der Waals surface area (Å²) in [6, 6.07) is 10.0. The summed E-state index contributed by atoms with van der Waals surface area (Å²) in [5.74, 6) is 0.463. The average molecular weight is 431 g/mol. The highest BCUT2D eigenvalue weighted by Gasteiger charge is 2.48. The van der Waals surface area contributed by atoms with Gasteiger partial charge in [0.2, 0.25) is 0 Å². The highest BCUT2D eigenvalue weighted by Crippen LogP contribution is 2.47. The van der Waals surface area contributed by atoms with Gasteiger partial charge in [0.05, 0.1) is 18.2 Å². The molecule has 0 N–H and O–H groups in total. The van der Waals surface area contributed by atoms with Gasteiger partial charge in [0.25, 0.3) is 0 Å². The molecular weight excluding hydrogens is 413 g/mol. The van der Waals surface area contributed by atoms with Crippen molar-refractivity contribution in [3.05, 3.63) is 66.7 Å². The maximum Gasteiger partial charge on any atom is 0.309 e. The minimum absolute atomic E-state index is 0.0183. The van der Waals surface area contributed by atoms with Crippen molar-refractivity contribution in [2.75, 3.05) is 6.61 Å². The van der Waals surface area contributed by atoms with Crippen LogP contribution in [0.2, 0.25) is 0 Å². The van der Waals surface area contributed by atoms with Crippen molar-refractivity contribution in [3.63, 3.8) is 0 Å². The summed E-state index contributed by atoms with van der Waals surface area (Å²) >= 11 is 0. The standard InChI is InChI=1S/C23H18FN5O3/c1-2-31-22(30)17-11-16(17)21-27-26-18-8-5-14(12-29(18)21)20-19(13-3-6-15(24)7-4-13)25-23-28(20)9-10-32-23/h3-10,12,16-17H,2,11H2,1H3. The SMILES string of the molecule is CCOC(=O)C1CC1c1nnc2ccc(-c3c(-c4ccc(F)cc4)nc4occn34)cn12. The smallest absolute Gasteiger partial charge is 0.309 e. The number of aromatic nitrogens is 5. The van der Waals surface area contributed by atoms with Gasteiger partial charge in [0.1, 0.15) is 23.6 Å². The number of hydrogen-bond donors (Lipinski definition) is 0. The van der Waals surface area contributed by atoms with Crippen LogP contribution in [-0.4, -0.2) is 36.6 Å². The Morgan fingerprint density at radius 1 is 1.16 bits per heavy atom. The van der Waals surface area contributed by atoms with Crippen molar-refractivity contribution in [1.82, 2.24) is 24.0 Å². The fourth-order valence-corrected chi connectivity index (χ4v) is 4.16. The number of oxazole rings is 1. The molecule has 160 valence electrons. The summed E-state index contributed by atoms with van der Waals surface area (Å²) in [7, 11) is 0. The van der Waals surface area contributed by atoms with Crippen LogP contribution < -0.4 is 0 Å². The molecule has 9 heteroatoms. The lowest BCUT2D eigenvalue weighted by atomic mass is 10.1. The average Bonchev–Trinajstić information content (AvgIpc) is 3.11. The maximum absolute atomic E-state index is 13.5. The Balaban J connectivity index is 1.47. The lowest BCUT2D eigenvalue weighted by molar-refractivity contribution is -0.144. The first-order chi connectivity index (χ1) is 15.6. The van der Waals surface area contributed by atoms with E-state index in [1.165, 1.54) is 12.1 Å². The molecule has 1 aliphatic rings. The number of esters is 1. The number of halogens is 1. The molecule has 1 fully saturated rings. The normalized spacial score (nSPS) is 17.8. The molecule has 8 nitrogen and oxygen atoms in total. The van der Waals surface area contributed by atoms with Crippen molar-refractivity contribution in [1.29, 1.82) is 0 Å². The minimum Gasteiger partial charge on any atom is -0.466 e. The second-order valence-corrected chi connectivity index (χ2v) is 7.78. The summed E-state index contributed by atoms with van der Waals surface area (Å²) in [5, 5.41) is 8.60.